The van der Waals surface area contributed by atoms with Crippen LogP contribution in [0.15, 0.2) is 42.7 Å². The van der Waals surface area contributed by atoms with Crippen LogP contribution in [-0.4, -0.2) is 34.6 Å². The smallest absolute Gasteiger partial charge is 0.340 e. The van der Waals surface area contributed by atoms with Crippen molar-refractivity contribution in [2.24, 2.45) is 0 Å². The van der Waals surface area contributed by atoms with Crippen LogP contribution >= 0.6 is 11.3 Å². The van der Waals surface area contributed by atoms with Gasteiger partial charge in [-0.2, -0.15) is 0 Å². The molecule has 0 saturated heterocycles. The Morgan fingerprint density at radius 3 is 2.88 bits per heavy atom. The first-order valence-electron chi connectivity index (χ1n) is 8.02. The molecule has 26 heavy (non-hydrogen) atoms. The van der Waals surface area contributed by atoms with E-state index in [9.17, 15) is 9.59 Å². The van der Waals surface area contributed by atoms with E-state index in [2.05, 4.69) is 15.3 Å². The largest absolute Gasteiger partial charge is 0.494 e. The van der Waals surface area contributed by atoms with Gasteiger partial charge >= 0.3 is 5.97 Å². The van der Waals surface area contributed by atoms with Crippen molar-refractivity contribution in [2.75, 3.05) is 11.9 Å². The number of pyridine rings is 1. The highest BCUT2D eigenvalue weighted by Gasteiger charge is 2.20. The first kappa shape index (κ1) is 17.8. The minimum atomic E-state index is -0.964. The SMILES string of the molecule is CCOc1ccc2nc(NC(=O)C(C)OC(=O)c3cccnc3)sc2c1. The number of ether oxygens (including phenoxy) is 2. The summed E-state index contributed by atoms with van der Waals surface area (Å²) in [6, 6.07) is 8.73. The average Bonchev–Trinajstić information content (AvgIpc) is 3.04. The van der Waals surface area contributed by atoms with Crippen LogP contribution in [0.3, 0.4) is 0 Å². The molecular weight excluding hydrogens is 354 g/mol. The van der Waals surface area contributed by atoms with E-state index in [-0.39, 0.29) is 5.56 Å². The maximum absolute atomic E-state index is 12.3. The van der Waals surface area contributed by atoms with Gasteiger partial charge in [0.15, 0.2) is 11.2 Å². The number of thiazole rings is 1. The van der Waals surface area contributed by atoms with Gasteiger partial charge in [-0.15, -0.1) is 0 Å². The molecule has 134 valence electrons. The van der Waals surface area contributed by atoms with Crippen LogP contribution < -0.4 is 10.1 Å². The highest BCUT2D eigenvalue weighted by atomic mass is 32.1. The van der Waals surface area contributed by atoms with Crippen LogP contribution in [0.1, 0.15) is 24.2 Å². The summed E-state index contributed by atoms with van der Waals surface area (Å²) >= 11 is 1.32. The molecule has 1 amide bonds. The first-order chi connectivity index (χ1) is 12.6. The van der Waals surface area contributed by atoms with Gasteiger partial charge in [-0.05, 0) is 44.2 Å². The number of benzene rings is 1. The zero-order chi connectivity index (χ0) is 18.5. The number of nitrogens with one attached hydrogen (secondary N) is 1. The molecule has 0 aliphatic heterocycles. The fourth-order valence-electron chi connectivity index (χ4n) is 2.19. The number of anilines is 1. The van der Waals surface area contributed by atoms with Crippen LogP contribution in [0.5, 0.6) is 5.75 Å². The summed E-state index contributed by atoms with van der Waals surface area (Å²) in [4.78, 5) is 32.5. The van der Waals surface area contributed by atoms with E-state index in [1.54, 1.807) is 18.3 Å². The summed E-state index contributed by atoms with van der Waals surface area (Å²) in [5.74, 6) is -0.307. The second-order valence-corrected chi connectivity index (χ2v) is 6.39. The lowest BCUT2D eigenvalue weighted by Crippen LogP contribution is -2.29. The number of aromatic nitrogens is 2. The fourth-order valence-corrected chi connectivity index (χ4v) is 3.08. The minimum absolute atomic E-state index is 0.288. The molecule has 0 saturated carbocycles. The van der Waals surface area contributed by atoms with Gasteiger partial charge < -0.3 is 9.47 Å². The fraction of sp³-hybridized carbons (Fsp3) is 0.222. The molecule has 3 rings (SSSR count). The molecule has 1 atom stereocenters. The number of amides is 1. The summed E-state index contributed by atoms with van der Waals surface area (Å²) in [5, 5.41) is 3.11. The third-order valence-corrected chi connectivity index (χ3v) is 4.38. The lowest BCUT2D eigenvalue weighted by atomic mass is 10.3. The summed E-state index contributed by atoms with van der Waals surface area (Å²) in [6.07, 6.45) is 1.97. The van der Waals surface area contributed by atoms with Gasteiger partial charge in [0.25, 0.3) is 5.91 Å². The molecule has 1 N–H and O–H groups in total. The number of carbonyl (C=O) groups excluding carboxylic acids is 2. The maximum Gasteiger partial charge on any atom is 0.340 e. The van der Waals surface area contributed by atoms with E-state index in [1.165, 1.54) is 24.5 Å². The second-order valence-electron chi connectivity index (χ2n) is 5.36. The van der Waals surface area contributed by atoms with E-state index in [4.69, 9.17) is 9.47 Å². The molecule has 0 spiro atoms. The Morgan fingerprint density at radius 2 is 2.15 bits per heavy atom. The van der Waals surface area contributed by atoms with Crippen molar-refractivity contribution in [2.45, 2.75) is 20.0 Å². The molecule has 0 aliphatic rings. The van der Waals surface area contributed by atoms with Gasteiger partial charge in [-0.3, -0.25) is 15.1 Å². The molecule has 1 unspecified atom stereocenters. The summed E-state index contributed by atoms with van der Waals surface area (Å²) in [5.41, 5.74) is 1.05. The van der Waals surface area contributed by atoms with Gasteiger partial charge in [0.05, 0.1) is 22.4 Å². The predicted molar refractivity (Wildman–Crippen MR) is 98.5 cm³/mol. The van der Waals surface area contributed by atoms with E-state index >= 15 is 0 Å². The van der Waals surface area contributed by atoms with Crippen molar-refractivity contribution >= 4 is 38.6 Å². The van der Waals surface area contributed by atoms with Gasteiger partial charge in [0, 0.05) is 12.4 Å². The van der Waals surface area contributed by atoms with E-state index in [1.807, 2.05) is 25.1 Å². The van der Waals surface area contributed by atoms with Crippen LogP contribution in [0.4, 0.5) is 5.13 Å². The lowest BCUT2D eigenvalue weighted by molar-refractivity contribution is -0.123. The number of rotatable bonds is 6. The zero-order valence-electron chi connectivity index (χ0n) is 14.3. The van der Waals surface area contributed by atoms with Crippen molar-refractivity contribution < 1.29 is 19.1 Å². The van der Waals surface area contributed by atoms with Crippen molar-refractivity contribution in [1.82, 2.24) is 9.97 Å². The van der Waals surface area contributed by atoms with Crippen LogP contribution in [0.25, 0.3) is 10.2 Å². The summed E-state index contributed by atoms with van der Waals surface area (Å²) in [6.45, 7) is 3.99. The molecule has 2 heterocycles. The monoisotopic (exact) mass is 371 g/mol. The Kier molecular flexibility index (Phi) is 5.43. The molecule has 8 heteroatoms. The van der Waals surface area contributed by atoms with Crippen molar-refractivity contribution in [3.05, 3.63) is 48.3 Å². The number of esters is 1. The average molecular weight is 371 g/mol. The third-order valence-electron chi connectivity index (χ3n) is 3.45. The van der Waals surface area contributed by atoms with E-state index in [0.717, 1.165) is 16.0 Å². The molecule has 1 aromatic carbocycles. The second kappa shape index (κ2) is 7.92. The van der Waals surface area contributed by atoms with Gasteiger partial charge in [0.2, 0.25) is 0 Å². The zero-order valence-corrected chi connectivity index (χ0v) is 15.1. The van der Waals surface area contributed by atoms with Crippen molar-refractivity contribution in [1.29, 1.82) is 0 Å². The molecule has 0 bridgehead atoms. The van der Waals surface area contributed by atoms with Gasteiger partial charge in [0.1, 0.15) is 5.75 Å². The summed E-state index contributed by atoms with van der Waals surface area (Å²) in [7, 11) is 0. The Balaban J connectivity index is 1.65. The molecular formula is C18H17N3O4S. The van der Waals surface area contributed by atoms with Gasteiger partial charge in [-0.25, -0.2) is 9.78 Å². The first-order valence-corrected chi connectivity index (χ1v) is 8.83. The predicted octanol–water partition coefficient (Wildman–Crippen LogP) is 3.27. The molecule has 2 aromatic heterocycles. The summed E-state index contributed by atoms with van der Waals surface area (Å²) < 4.78 is 11.5. The number of fused-ring (bicyclic) bond motifs is 1. The van der Waals surface area contributed by atoms with E-state index < -0.39 is 18.0 Å². The molecule has 0 radical (unpaired) electrons. The maximum atomic E-state index is 12.3. The van der Waals surface area contributed by atoms with Gasteiger partial charge in [-0.1, -0.05) is 11.3 Å². The standard InChI is InChI=1S/C18H17N3O4S/c1-3-24-13-6-7-14-15(9-13)26-18(20-14)21-16(22)11(2)25-17(23)12-5-4-8-19-10-12/h4-11H,3H2,1-2H3,(H,20,21,22). The molecule has 0 aliphatic carbocycles. The lowest BCUT2D eigenvalue weighted by Gasteiger charge is -2.12. The number of hydrogen-bond donors (Lipinski definition) is 1. The number of carbonyl (C=O) groups is 2. The Morgan fingerprint density at radius 1 is 1.31 bits per heavy atom. The quantitative estimate of drug-likeness (QED) is 0.669. The molecule has 7 nitrogen and oxygen atoms in total. The van der Waals surface area contributed by atoms with Crippen molar-refractivity contribution in [3.63, 3.8) is 0 Å². The highest BCUT2D eigenvalue weighted by Crippen LogP contribution is 2.29. The topological polar surface area (TPSA) is 90.4 Å². The Bertz CT molecular complexity index is 927. The third kappa shape index (κ3) is 4.15. The Hall–Kier alpha value is -3.00. The normalized spacial score (nSPS) is 11.8. The Labute approximate surface area is 154 Å². The number of hydrogen-bond acceptors (Lipinski definition) is 7. The van der Waals surface area contributed by atoms with Crippen LogP contribution in [0, 0.1) is 0 Å². The highest BCUT2D eigenvalue weighted by molar-refractivity contribution is 7.22. The van der Waals surface area contributed by atoms with Crippen LogP contribution in [0.2, 0.25) is 0 Å². The number of nitrogens with zero attached hydrogens (tertiary/aromatic N) is 2. The molecule has 3 aromatic rings. The van der Waals surface area contributed by atoms with Crippen molar-refractivity contribution in [3.8, 4) is 5.75 Å². The molecule has 0 fully saturated rings. The van der Waals surface area contributed by atoms with Crippen LogP contribution in [-0.2, 0) is 9.53 Å². The minimum Gasteiger partial charge on any atom is -0.494 e. The van der Waals surface area contributed by atoms with E-state index in [0.29, 0.717) is 11.7 Å².